The van der Waals surface area contributed by atoms with Crippen molar-refractivity contribution in [1.82, 2.24) is 0 Å². The van der Waals surface area contributed by atoms with Crippen LogP contribution in [0.5, 0.6) is 0 Å². The standard InChI is InChI=1S/C9H19NOS/c1-7-5-9(3-4-11,6-12-7)8(2)10/h7-8,11H,3-6,10H2,1-2H3. The van der Waals surface area contributed by atoms with Crippen LogP contribution in [0.1, 0.15) is 26.7 Å². The summed E-state index contributed by atoms with van der Waals surface area (Å²) in [5.41, 5.74) is 6.16. The van der Waals surface area contributed by atoms with Crippen LogP contribution in [0.25, 0.3) is 0 Å². The molecule has 3 N–H and O–H groups in total. The van der Waals surface area contributed by atoms with Crippen molar-refractivity contribution in [2.24, 2.45) is 11.1 Å². The summed E-state index contributed by atoms with van der Waals surface area (Å²) in [6.07, 6.45) is 2.03. The lowest BCUT2D eigenvalue weighted by atomic mass is 9.77. The van der Waals surface area contributed by atoms with Crippen molar-refractivity contribution < 1.29 is 5.11 Å². The molecule has 1 fully saturated rings. The van der Waals surface area contributed by atoms with Gasteiger partial charge in [0.1, 0.15) is 0 Å². The molecule has 0 spiro atoms. The summed E-state index contributed by atoms with van der Waals surface area (Å²) in [5, 5.41) is 9.67. The Hall–Kier alpha value is 0.270. The van der Waals surface area contributed by atoms with E-state index < -0.39 is 0 Å². The second kappa shape index (κ2) is 3.99. The Labute approximate surface area is 78.9 Å². The zero-order valence-corrected chi connectivity index (χ0v) is 8.73. The Kier molecular flexibility index (Phi) is 3.44. The van der Waals surface area contributed by atoms with Gasteiger partial charge in [-0.2, -0.15) is 11.8 Å². The zero-order valence-electron chi connectivity index (χ0n) is 7.92. The molecule has 0 amide bonds. The van der Waals surface area contributed by atoms with Crippen molar-refractivity contribution in [1.29, 1.82) is 0 Å². The summed E-state index contributed by atoms with van der Waals surface area (Å²) < 4.78 is 0. The van der Waals surface area contributed by atoms with Crippen molar-refractivity contribution in [2.45, 2.75) is 38.0 Å². The van der Waals surface area contributed by atoms with Gasteiger partial charge in [-0.3, -0.25) is 0 Å². The molecule has 1 saturated heterocycles. The van der Waals surface area contributed by atoms with Gasteiger partial charge >= 0.3 is 0 Å². The predicted molar refractivity (Wildman–Crippen MR) is 54.3 cm³/mol. The Morgan fingerprint density at radius 1 is 1.75 bits per heavy atom. The van der Waals surface area contributed by atoms with Crippen LogP contribution in [0.2, 0.25) is 0 Å². The molecule has 72 valence electrons. The van der Waals surface area contributed by atoms with Gasteiger partial charge in [0, 0.05) is 23.7 Å². The molecule has 0 radical (unpaired) electrons. The highest BCUT2D eigenvalue weighted by molar-refractivity contribution is 8.00. The van der Waals surface area contributed by atoms with Crippen LogP contribution in [-0.4, -0.2) is 28.8 Å². The highest BCUT2D eigenvalue weighted by Gasteiger charge is 2.40. The van der Waals surface area contributed by atoms with Gasteiger partial charge in [-0.25, -0.2) is 0 Å². The number of thioether (sulfide) groups is 1. The van der Waals surface area contributed by atoms with E-state index in [0.29, 0.717) is 5.25 Å². The van der Waals surface area contributed by atoms with Crippen molar-refractivity contribution in [3.8, 4) is 0 Å². The minimum atomic E-state index is 0.207. The van der Waals surface area contributed by atoms with Crippen molar-refractivity contribution in [3.63, 3.8) is 0 Å². The van der Waals surface area contributed by atoms with Gasteiger partial charge in [0.15, 0.2) is 0 Å². The van der Waals surface area contributed by atoms with E-state index in [9.17, 15) is 0 Å². The van der Waals surface area contributed by atoms with E-state index in [1.54, 1.807) is 0 Å². The average Bonchev–Trinajstić information content (AvgIpc) is 2.34. The number of hydrogen-bond acceptors (Lipinski definition) is 3. The summed E-state index contributed by atoms with van der Waals surface area (Å²) in [7, 11) is 0. The number of aliphatic hydroxyl groups is 1. The van der Waals surface area contributed by atoms with E-state index in [1.165, 1.54) is 0 Å². The van der Waals surface area contributed by atoms with E-state index >= 15 is 0 Å². The fourth-order valence-electron chi connectivity index (χ4n) is 1.94. The highest BCUT2D eigenvalue weighted by Crippen LogP contribution is 2.45. The first-order valence-electron chi connectivity index (χ1n) is 4.59. The lowest BCUT2D eigenvalue weighted by Gasteiger charge is -2.32. The number of nitrogens with two attached hydrogens (primary N) is 1. The molecule has 0 aliphatic carbocycles. The molecule has 0 aromatic rings. The number of aliphatic hydroxyl groups excluding tert-OH is 1. The fourth-order valence-corrected chi connectivity index (χ4v) is 3.53. The van der Waals surface area contributed by atoms with Crippen LogP contribution in [0, 0.1) is 5.41 Å². The first-order valence-corrected chi connectivity index (χ1v) is 5.63. The van der Waals surface area contributed by atoms with E-state index in [0.717, 1.165) is 18.6 Å². The van der Waals surface area contributed by atoms with Gasteiger partial charge < -0.3 is 10.8 Å². The Balaban J connectivity index is 2.61. The summed E-state index contributed by atoms with van der Waals surface area (Å²) in [4.78, 5) is 0. The van der Waals surface area contributed by atoms with Crippen LogP contribution in [0.3, 0.4) is 0 Å². The van der Waals surface area contributed by atoms with E-state index in [4.69, 9.17) is 10.8 Å². The third-order valence-corrected chi connectivity index (χ3v) is 4.40. The first kappa shape index (κ1) is 10.4. The molecule has 12 heavy (non-hydrogen) atoms. The highest BCUT2D eigenvalue weighted by atomic mass is 32.2. The van der Waals surface area contributed by atoms with Gasteiger partial charge in [0.25, 0.3) is 0 Å². The SMILES string of the molecule is CC1CC(CCO)(C(C)N)CS1. The molecule has 0 aromatic heterocycles. The molecule has 3 heteroatoms. The van der Waals surface area contributed by atoms with Gasteiger partial charge in [-0.15, -0.1) is 0 Å². The van der Waals surface area contributed by atoms with Gasteiger partial charge in [-0.1, -0.05) is 6.92 Å². The summed E-state index contributed by atoms with van der Waals surface area (Å²) in [6.45, 7) is 4.58. The molecule has 1 aliphatic heterocycles. The maximum Gasteiger partial charge on any atom is 0.0437 e. The molecular formula is C9H19NOS. The minimum absolute atomic E-state index is 0.207. The number of hydrogen-bond donors (Lipinski definition) is 2. The molecular weight excluding hydrogens is 170 g/mol. The quantitative estimate of drug-likeness (QED) is 0.702. The van der Waals surface area contributed by atoms with Crippen LogP contribution in [0.15, 0.2) is 0 Å². The van der Waals surface area contributed by atoms with Crippen LogP contribution in [-0.2, 0) is 0 Å². The third-order valence-electron chi connectivity index (χ3n) is 2.92. The Bertz CT molecular complexity index is 147. The molecule has 1 rings (SSSR count). The molecule has 2 nitrogen and oxygen atoms in total. The molecule has 3 atom stereocenters. The summed E-state index contributed by atoms with van der Waals surface area (Å²) in [5.74, 6) is 1.12. The smallest absolute Gasteiger partial charge is 0.0437 e. The molecule has 0 aromatic carbocycles. The lowest BCUT2D eigenvalue weighted by molar-refractivity contribution is 0.173. The average molecular weight is 189 g/mol. The van der Waals surface area contributed by atoms with Crippen LogP contribution >= 0.6 is 11.8 Å². The first-order chi connectivity index (χ1) is 5.60. The fraction of sp³-hybridized carbons (Fsp3) is 1.00. The van der Waals surface area contributed by atoms with Crippen molar-refractivity contribution in [2.75, 3.05) is 12.4 Å². The van der Waals surface area contributed by atoms with E-state index in [1.807, 2.05) is 11.8 Å². The second-order valence-corrected chi connectivity index (χ2v) is 5.38. The van der Waals surface area contributed by atoms with Crippen LogP contribution < -0.4 is 5.73 Å². The summed E-state index contributed by atoms with van der Waals surface area (Å²) >= 11 is 1.98. The Morgan fingerprint density at radius 3 is 2.75 bits per heavy atom. The maximum atomic E-state index is 8.96. The predicted octanol–water partition coefficient (Wildman–Crippen LogP) is 1.23. The molecule has 1 heterocycles. The second-order valence-electron chi connectivity index (χ2n) is 3.95. The zero-order chi connectivity index (χ0) is 9.19. The molecule has 0 saturated carbocycles. The van der Waals surface area contributed by atoms with Crippen molar-refractivity contribution >= 4 is 11.8 Å². The molecule has 0 bridgehead atoms. The Morgan fingerprint density at radius 2 is 2.42 bits per heavy atom. The molecule has 3 unspecified atom stereocenters. The van der Waals surface area contributed by atoms with E-state index in [-0.39, 0.29) is 18.1 Å². The number of rotatable bonds is 3. The van der Waals surface area contributed by atoms with Gasteiger partial charge in [-0.05, 0) is 25.2 Å². The minimum Gasteiger partial charge on any atom is -0.396 e. The lowest BCUT2D eigenvalue weighted by Crippen LogP contribution is -2.40. The maximum absolute atomic E-state index is 8.96. The van der Waals surface area contributed by atoms with Gasteiger partial charge in [0.05, 0.1) is 0 Å². The largest absolute Gasteiger partial charge is 0.396 e. The van der Waals surface area contributed by atoms with Crippen LogP contribution in [0.4, 0.5) is 0 Å². The monoisotopic (exact) mass is 189 g/mol. The van der Waals surface area contributed by atoms with E-state index in [2.05, 4.69) is 13.8 Å². The normalized spacial score (nSPS) is 38.5. The third kappa shape index (κ3) is 1.95. The topological polar surface area (TPSA) is 46.2 Å². The summed E-state index contributed by atoms with van der Waals surface area (Å²) in [6, 6.07) is 0.210. The molecule has 1 aliphatic rings. The van der Waals surface area contributed by atoms with Gasteiger partial charge in [0.2, 0.25) is 0 Å². The van der Waals surface area contributed by atoms with Crippen molar-refractivity contribution in [3.05, 3.63) is 0 Å².